The molecule has 3 heterocycles. The third-order valence-electron chi connectivity index (χ3n) is 6.94. The molecular weight excluding hydrogens is 534 g/mol. The van der Waals surface area contributed by atoms with Crippen LogP contribution in [0.3, 0.4) is 0 Å². The predicted molar refractivity (Wildman–Crippen MR) is 155 cm³/mol. The van der Waals surface area contributed by atoms with Crippen LogP contribution in [0.15, 0.2) is 72.8 Å². The molecule has 1 saturated heterocycles. The Labute approximate surface area is 237 Å². The average molecular weight is 564 g/mol. The molecule has 0 radical (unpaired) electrons. The molecule has 0 spiro atoms. The molecule has 1 fully saturated rings. The molecule has 5 aromatic rings. The van der Waals surface area contributed by atoms with Crippen molar-refractivity contribution < 1.29 is 9.47 Å². The number of anilines is 1. The number of nitrogens with zero attached hydrogens (tertiary/aromatic N) is 7. The molecular formula is C28H30ClN7O2S. The van der Waals surface area contributed by atoms with Crippen LogP contribution in [0.1, 0.15) is 23.0 Å². The maximum Gasteiger partial charge on any atom is 0.186 e. The highest BCUT2D eigenvalue weighted by molar-refractivity contribution is 7.22. The largest absolute Gasteiger partial charge is 0.497 e. The van der Waals surface area contributed by atoms with E-state index in [0.29, 0.717) is 6.54 Å². The number of methoxy groups -OCH3 is 2. The second-order valence-corrected chi connectivity index (χ2v) is 10.2. The van der Waals surface area contributed by atoms with Crippen LogP contribution in [-0.2, 0) is 6.54 Å². The minimum absolute atomic E-state index is 0. The fourth-order valence-corrected chi connectivity index (χ4v) is 6.01. The Morgan fingerprint density at radius 1 is 0.897 bits per heavy atom. The van der Waals surface area contributed by atoms with E-state index in [9.17, 15) is 0 Å². The first kappa shape index (κ1) is 26.9. The van der Waals surface area contributed by atoms with E-state index in [4.69, 9.17) is 14.5 Å². The zero-order valence-corrected chi connectivity index (χ0v) is 23.4. The maximum absolute atomic E-state index is 5.82. The highest BCUT2D eigenvalue weighted by Gasteiger charge is 2.33. The number of fused-ring (bicyclic) bond motifs is 1. The molecule has 6 rings (SSSR count). The van der Waals surface area contributed by atoms with Gasteiger partial charge < -0.3 is 14.4 Å². The third-order valence-corrected chi connectivity index (χ3v) is 8.04. The van der Waals surface area contributed by atoms with E-state index in [1.807, 2.05) is 47.1 Å². The van der Waals surface area contributed by atoms with Gasteiger partial charge in [0.25, 0.3) is 0 Å². The van der Waals surface area contributed by atoms with Crippen molar-refractivity contribution in [1.82, 2.24) is 30.1 Å². The molecule has 39 heavy (non-hydrogen) atoms. The Kier molecular flexibility index (Phi) is 8.25. The Balaban J connectivity index is 0.00000308. The SMILES string of the molecule is COc1ccc(OC)c(C(c2nnnn2Cc2ccccc2)N2CCN(c3nc4ccccc4s3)CC2)c1.Cl. The Morgan fingerprint density at radius 2 is 1.67 bits per heavy atom. The minimum atomic E-state index is -0.212. The lowest BCUT2D eigenvalue weighted by atomic mass is 10.0. The fraction of sp³-hybridized carbons (Fsp3) is 0.286. The zero-order chi connectivity index (χ0) is 25.9. The van der Waals surface area contributed by atoms with Crippen LogP contribution >= 0.6 is 23.7 Å². The molecule has 1 unspecified atom stereocenters. The molecule has 3 aromatic carbocycles. The first-order valence-electron chi connectivity index (χ1n) is 12.6. The summed E-state index contributed by atoms with van der Waals surface area (Å²) in [7, 11) is 3.37. The van der Waals surface area contributed by atoms with Gasteiger partial charge in [-0.05, 0) is 46.3 Å². The van der Waals surface area contributed by atoms with Gasteiger partial charge in [0.15, 0.2) is 11.0 Å². The number of aromatic nitrogens is 5. The molecule has 202 valence electrons. The van der Waals surface area contributed by atoms with Gasteiger partial charge in [-0.2, -0.15) is 0 Å². The van der Waals surface area contributed by atoms with Gasteiger partial charge in [-0.1, -0.05) is 53.8 Å². The second-order valence-electron chi connectivity index (χ2n) is 9.18. The quantitative estimate of drug-likeness (QED) is 0.269. The molecule has 0 N–H and O–H groups in total. The smallest absolute Gasteiger partial charge is 0.186 e. The molecule has 9 nitrogen and oxygen atoms in total. The lowest BCUT2D eigenvalue weighted by Gasteiger charge is -2.39. The molecule has 11 heteroatoms. The minimum Gasteiger partial charge on any atom is -0.497 e. The van der Waals surface area contributed by atoms with Gasteiger partial charge in [0.1, 0.15) is 17.5 Å². The lowest BCUT2D eigenvalue weighted by molar-refractivity contribution is 0.197. The van der Waals surface area contributed by atoms with Gasteiger partial charge in [-0.3, -0.25) is 4.90 Å². The number of halogens is 1. The molecule has 1 aliphatic rings. The number of hydrogen-bond donors (Lipinski definition) is 0. The van der Waals surface area contributed by atoms with E-state index in [1.54, 1.807) is 25.6 Å². The van der Waals surface area contributed by atoms with E-state index in [-0.39, 0.29) is 18.4 Å². The molecule has 1 atom stereocenters. The van der Waals surface area contributed by atoms with Crippen molar-refractivity contribution >= 4 is 39.1 Å². The first-order valence-corrected chi connectivity index (χ1v) is 13.4. The molecule has 0 aliphatic carbocycles. The van der Waals surface area contributed by atoms with Crippen LogP contribution in [0.4, 0.5) is 5.13 Å². The van der Waals surface area contributed by atoms with E-state index < -0.39 is 0 Å². The number of rotatable bonds is 8. The number of hydrogen-bond acceptors (Lipinski definition) is 9. The standard InChI is InChI=1S/C28H29N7O2S.ClH/c1-36-21-12-13-24(37-2)22(18-21)26(27-30-31-32-35(27)19-20-8-4-3-5-9-20)33-14-16-34(17-15-33)28-29-23-10-6-7-11-25(23)38-28;/h3-13,18,26H,14-17,19H2,1-2H3;1H. The van der Waals surface area contributed by atoms with Gasteiger partial charge in [0, 0.05) is 31.7 Å². The Bertz CT molecular complexity index is 1490. The number of para-hydroxylation sites is 1. The second kappa shape index (κ2) is 12.0. The van der Waals surface area contributed by atoms with Crippen molar-refractivity contribution in [3.05, 3.63) is 89.7 Å². The van der Waals surface area contributed by atoms with Crippen molar-refractivity contribution in [1.29, 1.82) is 0 Å². The summed E-state index contributed by atoms with van der Waals surface area (Å²) in [5.41, 5.74) is 3.16. The number of thiazole rings is 1. The van der Waals surface area contributed by atoms with Gasteiger partial charge in [0.05, 0.1) is 31.0 Å². The van der Waals surface area contributed by atoms with Gasteiger partial charge in [0.2, 0.25) is 0 Å². The summed E-state index contributed by atoms with van der Waals surface area (Å²) in [5.74, 6) is 2.31. The van der Waals surface area contributed by atoms with Crippen molar-refractivity contribution in [2.45, 2.75) is 12.6 Å². The molecule has 0 amide bonds. The van der Waals surface area contributed by atoms with Crippen LogP contribution in [0, 0.1) is 0 Å². The van der Waals surface area contributed by atoms with Gasteiger partial charge in [-0.25, -0.2) is 9.67 Å². The van der Waals surface area contributed by atoms with Crippen LogP contribution in [-0.4, -0.2) is 70.5 Å². The number of ether oxygens (including phenoxy) is 2. The van der Waals surface area contributed by atoms with Gasteiger partial charge in [-0.15, -0.1) is 17.5 Å². The van der Waals surface area contributed by atoms with Crippen molar-refractivity contribution in [3.63, 3.8) is 0 Å². The lowest BCUT2D eigenvalue weighted by Crippen LogP contribution is -2.48. The third kappa shape index (κ3) is 5.54. The summed E-state index contributed by atoms with van der Waals surface area (Å²) >= 11 is 1.75. The number of benzene rings is 3. The summed E-state index contributed by atoms with van der Waals surface area (Å²) in [5, 5.41) is 14.1. The van der Waals surface area contributed by atoms with E-state index in [0.717, 1.165) is 65.3 Å². The van der Waals surface area contributed by atoms with Crippen LogP contribution in [0.2, 0.25) is 0 Å². The summed E-state index contributed by atoms with van der Waals surface area (Å²) < 4.78 is 14.5. The molecule has 0 saturated carbocycles. The normalized spacial score (nSPS) is 14.7. The van der Waals surface area contributed by atoms with Crippen LogP contribution < -0.4 is 14.4 Å². The topological polar surface area (TPSA) is 81.4 Å². The highest BCUT2D eigenvalue weighted by Crippen LogP contribution is 2.37. The van der Waals surface area contributed by atoms with E-state index in [1.165, 1.54) is 4.70 Å². The highest BCUT2D eigenvalue weighted by atomic mass is 35.5. The molecule has 0 bridgehead atoms. The number of tetrazole rings is 1. The van der Waals surface area contributed by atoms with E-state index in [2.05, 4.69) is 55.7 Å². The Morgan fingerprint density at radius 3 is 2.41 bits per heavy atom. The fourth-order valence-electron chi connectivity index (χ4n) is 5.00. The van der Waals surface area contributed by atoms with Crippen LogP contribution in [0.25, 0.3) is 10.2 Å². The summed E-state index contributed by atoms with van der Waals surface area (Å²) in [6.45, 7) is 3.92. The van der Waals surface area contributed by atoms with Crippen molar-refractivity contribution in [2.75, 3.05) is 45.3 Å². The first-order chi connectivity index (χ1) is 18.7. The predicted octanol–water partition coefficient (Wildman–Crippen LogP) is 4.68. The maximum atomic E-state index is 5.82. The molecule has 2 aromatic heterocycles. The van der Waals surface area contributed by atoms with Crippen molar-refractivity contribution in [3.8, 4) is 11.5 Å². The average Bonchev–Trinajstić information content (AvgIpc) is 3.61. The molecule has 1 aliphatic heterocycles. The zero-order valence-electron chi connectivity index (χ0n) is 21.8. The van der Waals surface area contributed by atoms with Crippen molar-refractivity contribution in [2.24, 2.45) is 0 Å². The summed E-state index contributed by atoms with van der Waals surface area (Å²) in [6, 6.07) is 24.2. The van der Waals surface area contributed by atoms with E-state index >= 15 is 0 Å². The monoisotopic (exact) mass is 563 g/mol. The summed E-state index contributed by atoms with van der Waals surface area (Å²) in [4.78, 5) is 9.67. The van der Waals surface area contributed by atoms with Crippen LogP contribution in [0.5, 0.6) is 11.5 Å². The Hall–Kier alpha value is -3.73. The number of piperazine rings is 1. The summed E-state index contributed by atoms with van der Waals surface area (Å²) in [6.07, 6.45) is 0. The van der Waals surface area contributed by atoms with Gasteiger partial charge >= 0.3 is 0 Å².